The first-order chi connectivity index (χ1) is 15.4. The van der Waals surface area contributed by atoms with E-state index in [-0.39, 0.29) is 15.5 Å². The largest absolute Gasteiger partial charge is 0.306 e. The standard InChI is InChI=1S/C22H19N5O3S2/c1-16(17-8-10-18(11-9-17)27-13-12-23-15-27)24-25-22(28)19-5-2-3-6-20(19)26-32(29,30)21-7-4-14-31-21/h2-15,26H,1H3,(H,25,28). The van der Waals surface area contributed by atoms with Crippen LogP contribution in [0.5, 0.6) is 0 Å². The molecule has 2 aromatic carbocycles. The number of aromatic nitrogens is 2. The van der Waals surface area contributed by atoms with Crippen LogP contribution in [0, 0.1) is 0 Å². The third-order valence-corrected chi connectivity index (χ3v) is 7.35. The maximum absolute atomic E-state index is 12.7. The normalized spacial score (nSPS) is 11.8. The Labute approximate surface area is 189 Å². The molecule has 0 unspecified atom stereocenters. The van der Waals surface area contributed by atoms with Crippen LogP contribution in [0.2, 0.25) is 0 Å². The Kier molecular flexibility index (Phi) is 6.15. The van der Waals surface area contributed by atoms with Gasteiger partial charge in [-0.05, 0) is 48.2 Å². The van der Waals surface area contributed by atoms with Gasteiger partial charge < -0.3 is 4.57 Å². The summed E-state index contributed by atoms with van der Waals surface area (Å²) in [7, 11) is -3.78. The first-order valence-electron chi connectivity index (χ1n) is 9.53. The van der Waals surface area contributed by atoms with Crippen LogP contribution in [0.4, 0.5) is 5.69 Å². The molecule has 2 heterocycles. The second kappa shape index (κ2) is 9.16. The van der Waals surface area contributed by atoms with E-state index in [1.165, 1.54) is 18.2 Å². The number of anilines is 1. The molecule has 8 nitrogen and oxygen atoms in total. The summed E-state index contributed by atoms with van der Waals surface area (Å²) in [6.07, 6.45) is 5.26. The number of rotatable bonds is 7. The zero-order chi connectivity index (χ0) is 22.6. The van der Waals surface area contributed by atoms with Crippen molar-refractivity contribution in [2.24, 2.45) is 5.10 Å². The Bertz CT molecular complexity index is 1350. The van der Waals surface area contributed by atoms with Gasteiger partial charge in [0, 0.05) is 18.1 Å². The van der Waals surface area contributed by atoms with Crippen LogP contribution < -0.4 is 10.1 Å². The van der Waals surface area contributed by atoms with Crippen molar-refractivity contribution >= 4 is 38.7 Å². The van der Waals surface area contributed by atoms with E-state index in [1.807, 2.05) is 35.0 Å². The predicted octanol–water partition coefficient (Wildman–Crippen LogP) is 3.89. The van der Waals surface area contributed by atoms with Crippen molar-refractivity contribution in [3.8, 4) is 5.69 Å². The number of hydrogen-bond acceptors (Lipinski definition) is 6. The van der Waals surface area contributed by atoms with Crippen molar-refractivity contribution < 1.29 is 13.2 Å². The summed E-state index contributed by atoms with van der Waals surface area (Å²) >= 11 is 1.10. The smallest absolute Gasteiger partial charge is 0.273 e. The maximum Gasteiger partial charge on any atom is 0.273 e. The monoisotopic (exact) mass is 465 g/mol. The number of imidazole rings is 1. The minimum atomic E-state index is -3.78. The number of hydrazone groups is 1. The van der Waals surface area contributed by atoms with Crippen LogP contribution in [0.15, 0.2) is 94.1 Å². The first kappa shape index (κ1) is 21.5. The molecule has 0 aliphatic heterocycles. The van der Waals surface area contributed by atoms with E-state index in [0.717, 1.165) is 22.6 Å². The molecule has 2 aromatic heterocycles. The highest BCUT2D eigenvalue weighted by molar-refractivity contribution is 7.94. The molecular weight excluding hydrogens is 446 g/mol. The van der Waals surface area contributed by atoms with Crippen LogP contribution in [-0.2, 0) is 10.0 Å². The molecule has 4 rings (SSSR count). The van der Waals surface area contributed by atoms with Crippen LogP contribution in [-0.4, -0.2) is 29.6 Å². The molecular formula is C22H19N5O3S2. The number of nitrogens with zero attached hydrogens (tertiary/aromatic N) is 3. The van der Waals surface area contributed by atoms with Crippen LogP contribution in [0.1, 0.15) is 22.8 Å². The Morgan fingerprint density at radius 1 is 1.06 bits per heavy atom. The molecule has 162 valence electrons. The Morgan fingerprint density at radius 3 is 2.53 bits per heavy atom. The van der Waals surface area contributed by atoms with E-state index >= 15 is 0 Å². The molecule has 2 N–H and O–H groups in total. The quantitative estimate of drug-likeness (QED) is 0.319. The lowest BCUT2D eigenvalue weighted by atomic mass is 10.1. The number of thiophene rings is 1. The van der Waals surface area contributed by atoms with E-state index in [0.29, 0.717) is 5.71 Å². The summed E-state index contributed by atoms with van der Waals surface area (Å²) in [5.41, 5.74) is 5.24. The van der Waals surface area contributed by atoms with Crippen molar-refractivity contribution in [2.75, 3.05) is 4.72 Å². The molecule has 10 heteroatoms. The van der Waals surface area contributed by atoms with Crippen LogP contribution in [0.3, 0.4) is 0 Å². The van der Waals surface area contributed by atoms with E-state index in [9.17, 15) is 13.2 Å². The Morgan fingerprint density at radius 2 is 1.84 bits per heavy atom. The SMILES string of the molecule is CC(=NNC(=O)c1ccccc1NS(=O)(=O)c1cccs1)c1ccc(-n2ccnc2)cc1. The topological polar surface area (TPSA) is 105 Å². The second-order valence-electron chi connectivity index (χ2n) is 6.74. The molecule has 0 saturated heterocycles. The highest BCUT2D eigenvalue weighted by Gasteiger charge is 2.19. The molecule has 0 fully saturated rings. The lowest BCUT2D eigenvalue weighted by molar-refractivity contribution is 0.0955. The van der Waals surface area contributed by atoms with Gasteiger partial charge in [-0.1, -0.05) is 30.3 Å². The zero-order valence-electron chi connectivity index (χ0n) is 17.0. The molecule has 0 aliphatic carbocycles. The summed E-state index contributed by atoms with van der Waals surface area (Å²) in [5.74, 6) is -0.524. The fourth-order valence-electron chi connectivity index (χ4n) is 2.93. The number of carbonyl (C=O) groups is 1. The number of sulfonamides is 1. The van der Waals surface area contributed by atoms with E-state index < -0.39 is 15.9 Å². The van der Waals surface area contributed by atoms with Crippen molar-refractivity contribution in [1.29, 1.82) is 0 Å². The van der Waals surface area contributed by atoms with Gasteiger partial charge in [-0.15, -0.1) is 11.3 Å². The predicted molar refractivity (Wildman–Crippen MR) is 125 cm³/mol. The second-order valence-corrected chi connectivity index (χ2v) is 9.60. The Hall–Kier alpha value is -3.76. The van der Waals surface area contributed by atoms with Gasteiger partial charge >= 0.3 is 0 Å². The average molecular weight is 466 g/mol. The van der Waals surface area contributed by atoms with Crippen LogP contribution >= 0.6 is 11.3 Å². The van der Waals surface area contributed by atoms with Crippen molar-refractivity contribution in [1.82, 2.24) is 15.0 Å². The number of carbonyl (C=O) groups excluding carboxylic acids is 1. The van der Waals surface area contributed by atoms with Gasteiger partial charge in [0.25, 0.3) is 15.9 Å². The van der Waals surface area contributed by atoms with Crippen molar-refractivity contribution in [3.05, 3.63) is 95.9 Å². The van der Waals surface area contributed by atoms with E-state index in [4.69, 9.17) is 0 Å². The average Bonchev–Trinajstić information content (AvgIpc) is 3.52. The van der Waals surface area contributed by atoms with Gasteiger partial charge in [-0.25, -0.2) is 18.8 Å². The molecule has 0 bridgehead atoms. The molecule has 0 atom stereocenters. The number of nitrogens with one attached hydrogen (secondary N) is 2. The van der Waals surface area contributed by atoms with Gasteiger partial charge in [0.15, 0.2) is 0 Å². The van der Waals surface area contributed by atoms with Gasteiger partial charge in [0.2, 0.25) is 0 Å². The van der Waals surface area contributed by atoms with E-state index in [2.05, 4.69) is 20.2 Å². The lowest BCUT2D eigenvalue weighted by Crippen LogP contribution is -2.22. The molecule has 0 spiro atoms. The van der Waals surface area contributed by atoms with Gasteiger partial charge in [-0.3, -0.25) is 9.52 Å². The first-order valence-corrected chi connectivity index (χ1v) is 11.9. The summed E-state index contributed by atoms with van der Waals surface area (Å²) in [4.78, 5) is 16.7. The number of para-hydroxylation sites is 1. The van der Waals surface area contributed by atoms with Gasteiger partial charge in [-0.2, -0.15) is 5.10 Å². The summed E-state index contributed by atoms with van der Waals surface area (Å²) in [6.45, 7) is 1.78. The van der Waals surface area contributed by atoms with Gasteiger partial charge in [0.1, 0.15) is 4.21 Å². The molecule has 4 aromatic rings. The fraction of sp³-hybridized carbons (Fsp3) is 0.0455. The Balaban J connectivity index is 1.49. The minimum Gasteiger partial charge on any atom is -0.306 e. The minimum absolute atomic E-state index is 0.166. The highest BCUT2D eigenvalue weighted by atomic mass is 32.2. The molecule has 32 heavy (non-hydrogen) atoms. The molecule has 0 saturated carbocycles. The van der Waals surface area contributed by atoms with Crippen molar-refractivity contribution in [3.63, 3.8) is 0 Å². The molecule has 1 amide bonds. The molecule has 0 aliphatic rings. The van der Waals surface area contributed by atoms with E-state index in [1.54, 1.807) is 43.0 Å². The highest BCUT2D eigenvalue weighted by Crippen LogP contribution is 2.23. The number of amides is 1. The third kappa shape index (κ3) is 4.76. The summed E-state index contributed by atoms with van der Waals surface area (Å²) in [5, 5.41) is 5.85. The summed E-state index contributed by atoms with van der Waals surface area (Å²) in [6, 6.07) is 17.2. The van der Waals surface area contributed by atoms with Crippen molar-refractivity contribution in [2.45, 2.75) is 11.1 Å². The van der Waals surface area contributed by atoms with Gasteiger partial charge in [0.05, 0.1) is 23.3 Å². The lowest BCUT2D eigenvalue weighted by Gasteiger charge is -2.11. The fourth-order valence-corrected chi connectivity index (χ4v) is 5.00. The maximum atomic E-state index is 12.7. The third-order valence-electron chi connectivity index (χ3n) is 4.59. The molecule has 0 radical (unpaired) electrons. The number of benzene rings is 2. The number of hydrogen-bond donors (Lipinski definition) is 2. The summed E-state index contributed by atoms with van der Waals surface area (Å²) < 4.78 is 29.6. The van der Waals surface area contributed by atoms with Crippen LogP contribution in [0.25, 0.3) is 5.69 Å². The zero-order valence-corrected chi connectivity index (χ0v) is 18.6.